The number of guanidine groups is 1. The number of ether oxygens (including phenoxy) is 1. The summed E-state index contributed by atoms with van der Waals surface area (Å²) in [6, 6.07) is 6.80. The highest BCUT2D eigenvalue weighted by molar-refractivity contribution is 14.0. The summed E-state index contributed by atoms with van der Waals surface area (Å²) in [7, 11) is 3.81. The molecule has 0 spiro atoms. The molecule has 152 valence electrons. The molecule has 2 rings (SSSR count). The van der Waals surface area contributed by atoms with E-state index >= 15 is 0 Å². The number of hydrogen-bond acceptors (Lipinski definition) is 4. The number of nitrogens with zero attached hydrogens (tertiary/aromatic N) is 3. The van der Waals surface area contributed by atoms with E-state index in [0.29, 0.717) is 0 Å². The Morgan fingerprint density at radius 3 is 2.63 bits per heavy atom. The molecule has 7 nitrogen and oxygen atoms in total. The third kappa shape index (κ3) is 9.37. The summed E-state index contributed by atoms with van der Waals surface area (Å²) in [4.78, 5) is 16.7. The average Bonchev–Trinajstić information content (AvgIpc) is 3.46. The van der Waals surface area contributed by atoms with Crippen molar-refractivity contribution < 1.29 is 9.66 Å². The van der Waals surface area contributed by atoms with Crippen molar-refractivity contribution in [1.29, 1.82) is 0 Å². The Bertz CT molecular complexity index is 591. The predicted molar refractivity (Wildman–Crippen MR) is 119 cm³/mol. The van der Waals surface area contributed by atoms with Crippen molar-refractivity contribution in [3.63, 3.8) is 0 Å². The van der Waals surface area contributed by atoms with Crippen molar-refractivity contribution in [2.45, 2.75) is 32.1 Å². The van der Waals surface area contributed by atoms with Gasteiger partial charge in [-0.3, -0.25) is 15.1 Å². The van der Waals surface area contributed by atoms with Crippen molar-refractivity contribution in [3.8, 4) is 0 Å². The lowest BCUT2D eigenvalue weighted by atomic mass is 10.1. The molecule has 1 aliphatic rings. The van der Waals surface area contributed by atoms with Crippen LogP contribution in [0.2, 0.25) is 0 Å². The van der Waals surface area contributed by atoms with Crippen molar-refractivity contribution >= 4 is 35.6 Å². The third-order valence-corrected chi connectivity index (χ3v) is 4.52. The zero-order chi connectivity index (χ0) is 18.8. The van der Waals surface area contributed by atoms with Gasteiger partial charge in [-0.2, -0.15) is 0 Å². The van der Waals surface area contributed by atoms with Gasteiger partial charge in [0.15, 0.2) is 5.96 Å². The van der Waals surface area contributed by atoms with Gasteiger partial charge in [0, 0.05) is 45.9 Å². The van der Waals surface area contributed by atoms with Gasteiger partial charge in [-0.05, 0) is 43.6 Å². The lowest BCUT2D eigenvalue weighted by Gasteiger charge is -2.22. The Kier molecular flexibility index (Phi) is 11.3. The molecule has 0 heterocycles. The normalized spacial score (nSPS) is 13.8. The number of non-ortho nitro benzene ring substituents is 1. The maximum atomic E-state index is 10.6. The van der Waals surface area contributed by atoms with Crippen molar-refractivity contribution in [2.75, 3.05) is 40.4 Å². The molecule has 0 amide bonds. The fourth-order valence-corrected chi connectivity index (χ4v) is 2.67. The van der Waals surface area contributed by atoms with E-state index in [4.69, 9.17) is 4.74 Å². The Morgan fingerprint density at radius 1 is 1.33 bits per heavy atom. The lowest BCUT2D eigenvalue weighted by molar-refractivity contribution is -0.384. The van der Waals surface area contributed by atoms with Gasteiger partial charge in [-0.15, -0.1) is 24.0 Å². The maximum Gasteiger partial charge on any atom is 0.269 e. The van der Waals surface area contributed by atoms with E-state index in [0.717, 1.165) is 63.0 Å². The molecule has 1 N–H and O–H groups in total. The Labute approximate surface area is 178 Å². The van der Waals surface area contributed by atoms with Crippen LogP contribution in [0.4, 0.5) is 5.69 Å². The van der Waals surface area contributed by atoms with Gasteiger partial charge in [0.25, 0.3) is 5.69 Å². The summed E-state index contributed by atoms with van der Waals surface area (Å²) in [5.41, 5.74) is 1.27. The lowest BCUT2D eigenvalue weighted by Crippen LogP contribution is -2.41. The standard InChI is InChI=1S/C19H30N4O3.HI/c1-20-19(22(2)13-14-26-15-17-6-7-17)21-12-4-3-5-16-8-10-18(11-9-16)23(24)25;/h8-11,17H,3-7,12-15H2,1-2H3,(H,20,21);1H. The number of likely N-dealkylation sites (N-methyl/N-ethyl adjacent to an activating group) is 1. The van der Waals surface area contributed by atoms with Crippen LogP contribution in [0, 0.1) is 16.0 Å². The Balaban J connectivity index is 0.00000364. The van der Waals surface area contributed by atoms with Crippen LogP contribution >= 0.6 is 24.0 Å². The molecule has 1 aromatic carbocycles. The second-order valence-corrected chi connectivity index (χ2v) is 6.79. The highest BCUT2D eigenvalue weighted by atomic mass is 127. The summed E-state index contributed by atoms with van der Waals surface area (Å²) in [6.07, 6.45) is 5.60. The number of unbranched alkanes of at least 4 members (excludes halogenated alkanes) is 1. The summed E-state index contributed by atoms with van der Waals surface area (Å²) in [5.74, 6) is 1.68. The van der Waals surface area contributed by atoms with Crippen LogP contribution in [0.15, 0.2) is 29.3 Å². The Hall–Kier alpha value is -1.42. The van der Waals surface area contributed by atoms with Crippen LogP contribution in [-0.2, 0) is 11.2 Å². The van der Waals surface area contributed by atoms with E-state index in [-0.39, 0.29) is 34.6 Å². The van der Waals surface area contributed by atoms with Crippen molar-refractivity contribution in [2.24, 2.45) is 10.9 Å². The number of nitro groups is 1. The molecule has 1 saturated carbocycles. The van der Waals surface area contributed by atoms with Crippen molar-refractivity contribution in [1.82, 2.24) is 10.2 Å². The van der Waals surface area contributed by atoms with Crippen LogP contribution in [0.3, 0.4) is 0 Å². The summed E-state index contributed by atoms with van der Waals surface area (Å²) in [6.45, 7) is 3.30. The second kappa shape index (κ2) is 12.9. The molecule has 1 aromatic rings. The quantitative estimate of drug-likeness (QED) is 0.128. The molecule has 27 heavy (non-hydrogen) atoms. The molecule has 0 unspecified atom stereocenters. The summed E-state index contributed by atoms with van der Waals surface area (Å²) < 4.78 is 5.67. The fourth-order valence-electron chi connectivity index (χ4n) is 2.67. The number of nitro benzene ring substituents is 1. The molecular formula is C19H31IN4O3. The predicted octanol–water partition coefficient (Wildman–Crippen LogP) is 3.47. The first-order chi connectivity index (χ1) is 12.6. The SMILES string of the molecule is CN=C(NCCCCc1ccc([N+](=O)[O-])cc1)N(C)CCOCC1CC1.I. The van der Waals surface area contributed by atoms with Crippen LogP contribution < -0.4 is 5.32 Å². The van der Waals surface area contributed by atoms with Gasteiger partial charge in [-0.1, -0.05) is 12.1 Å². The highest BCUT2D eigenvalue weighted by Crippen LogP contribution is 2.28. The number of halogens is 1. The first kappa shape index (κ1) is 23.6. The number of nitrogens with one attached hydrogen (secondary N) is 1. The van der Waals surface area contributed by atoms with Gasteiger partial charge in [0.2, 0.25) is 0 Å². The minimum Gasteiger partial charge on any atom is -0.379 e. The van der Waals surface area contributed by atoms with E-state index in [1.165, 1.54) is 12.8 Å². The van der Waals surface area contributed by atoms with Crippen molar-refractivity contribution in [3.05, 3.63) is 39.9 Å². The van der Waals surface area contributed by atoms with Gasteiger partial charge >= 0.3 is 0 Å². The zero-order valence-electron chi connectivity index (χ0n) is 16.2. The number of aliphatic imine (C=N–C) groups is 1. The summed E-state index contributed by atoms with van der Waals surface area (Å²) in [5, 5.41) is 14.0. The topological polar surface area (TPSA) is 80.0 Å². The van der Waals surface area contributed by atoms with E-state index in [1.54, 1.807) is 19.2 Å². The zero-order valence-corrected chi connectivity index (χ0v) is 18.6. The fraction of sp³-hybridized carbons (Fsp3) is 0.632. The first-order valence-electron chi connectivity index (χ1n) is 9.33. The van der Waals surface area contributed by atoms with Gasteiger partial charge in [-0.25, -0.2) is 0 Å². The minimum absolute atomic E-state index is 0. The maximum absolute atomic E-state index is 10.6. The number of benzene rings is 1. The second-order valence-electron chi connectivity index (χ2n) is 6.79. The van der Waals surface area contributed by atoms with Gasteiger partial charge in [0.05, 0.1) is 11.5 Å². The third-order valence-electron chi connectivity index (χ3n) is 4.52. The Morgan fingerprint density at radius 2 is 2.04 bits per heavy atom. The number of hydrogen-bond donors (Lipinski definition) is 1. The monoisotopic (exact) mass is 490 g/mol. The van der Waals surface area contributed by atoms with Gasteiger partial charge in [0.1, 0.15) is 0 Å². The number of rotatable bonds is 11. The van der Waals surface area contributed by atoms with Crippen LogP contribution in [0.5, 0.6) is 0 Å². The van der Waals surface area contributed by atoms with E-state index in [1.807, 2.05) is 19.2 Å². The number of aryl methyl sites for hydroxylation is 1. The molecule has 0 saturated heterocycles. The van der Waals surface area contributed by atoms with Gasteiger partial charge < -0.3 is 15.0 Å². The molecule has 0 aliphatic heterocycles. The largest absolute Gasteiger partial charge is 0.379 e. The molecule has 1 fully saturated rings. The molecular weight excluding hydrogens is 459 g/mol. The van der Waals surface area contributed by atoms with E-state index in [9.17, 15) is 10.1 Å². The van der Waals surface area contributed by atoms with Crippen LogP contribution in [-0.4, -0.2) is 56.2 Å². The first-order valence-corrected chi connectivity index (χ1v) is 9.33. The summed E-state index contributed by atoms with van der Waals surface area (Å²) >= 11 is 0. The van der Waals surface area contributed by atoms with E-state index < -0.39 is 0 Å². The molecule has 8 heteroatoms. The highest BCUT2D eigenvalue weighted by Gasteiger charge is 2.21. The van der Waals surface area contributed by atoms with Crippen LogP contribution in [0.1, 0.15) is 31.2 Å². The molecule has 1 aliphatic carbocycles. The molecule has 0 atom stereocenters. The molecule has 0 aromatic heterocycles. The van der Waals surface area contributed by atoms with Crippen LogP contribution in [0.25, 0.3) is 0 Å². The minimum atomic E-state index is -0.368. The molecule has 0 radical (unpaired) electrons. The average molecular weight is 490 g/mol. The van der Waals surface area contributed by atoms with E-state index in [2.05, 4.69) is 15.2 Å². The molecule has 0 bridgehead atoms. The smallest absolute Gasteiger partial charge is 0.269 e.